The van der Waals surface area contributed by atoms with Crippen LogP contribution in [-0.4, -0.2) is 51.6 Å². The zero-order valence-electron chi connectivity index (χ0n) is 17.7. The predicted molar refractivity (Wildman–Crippen MR) is 114 cm³/mol. The number of amides is 1. The molecule has 1 aromatic carbocycles. The fraction of sp³-hybridized carbons (Fsp3) is 0.304. The first-order valence-corrected chi connectivity index (χ1v) is 10.3. The van der Waals surface area contributed by atoms with Crippen molar-refractivity contribution in [2.75, 3.05) is 25.0 Å². The van der Waals surface area contributed by atoms with Crippen LogP contribution in [0, 0.1) is 18.7 Å². The third-order valence-electron chi connectivity index (χ3n) is 5.57. The lowest BCUT2D eigenvalue weighted by Crippen LogP contribution is -2.34. The van der Waals surface area contributed by atoms with Gasteiger partial charge in [-0.2, -0.15) is 13.2 Å². The first-order valence-electron chi connectivity index (χ1n) is 10.3. The molecule has 172 valence electrons. The number of halogens is 4. The van der Waals surface area contributed by atoms with Crippen LogP contribution in [0.4, 0.5) is 23.2 Å². The number of benzene rings is 1. The van der Waals surface area contributed by atoms with Gasteiger partial charge in [-0.3, -0.25) is 14.7 Å². The fourth-order valence-corrected chi connectivity index (χ4v) is 4.06. The maximum absolute atomic E-state index is 13.2. The Morgan fingerprint density at radius 3 is 2.55 bits per heavy atom. The molecule has 2 atom stereocenters. The molecule has 1 unspecified atom stereocenters. The van der Waals surface area contributed by atoms with Crippen molar-refractivity contribution >= 4 is 11.6 Å². The van der Waals surface area contributed by atoms with Gasteiger partial charge in [0.05, 0.1) is 24.9 Å². The lowest BCUT2D eigenvalue weighted by Gasteiger charge is -2.18. The predicted octanol–water partition coefficient (Wildman–Crippen LogP) is 4.20. The molecule has 6 nitrogen and oxygen atoms in total. The summed E-state index contributed by atoms with van der Waals surface area (Å²) in [6.45, 7) is 0.789. The lowest BCUT2D eigenvalue weighted by molar-refractivity contribution is -0.144. The number of carbonyl (C=O) groups is 1. The number of likely N-dealkylation sites (tertiary alicyclic amines) is 1. The molecule has 0 saturated carbocycles. The van der Waals surface area contributed by atoms with E-state index in [4.69, 9.17) is 0 Å². The van der Waals surface area contributed by atoms with Crippen molar-refractivity contribution < 1.29 is 22.4 Å². The Morgan fingerprint density at radius 1 is 1.12 bits per heavy atom. The van der Waals surface area contributed by atoms with Crippen LogP contribution in [0.5, 0.6) is 0 Å². The summed E-state index contributed by atoms with van der Waals surface area (Å²) >= 11 is 0. The highest BCUT2D eigenvalue weighted by atomic mass is 19.4. The summed E-state index contributed by atoms with van der Waals surface area (Å²) in [5, 5.41) is 2.81. The molecule has 2 aromatic heterocycles. The van der Waals surface area contributed by atoms with E-state index in [-0.39, 0.29) is 13.1 Å². The molecule has 1 N–H and O–H groups in total. The van der Waals surface area contributed by atoms with Crippen LogP contribution in [0.3, 0.4) is 0 Å². The number of hydrogen-bond acceptors (Lipinski definition) is 5. The van der Waals surface area contributed by atoms with Gasteiger partial charge in [0.25, 0.3) is 0 Å². The zero-order valence-corrected chi connectivity index (χ0v) is 17.7. The standard InChI is InChI=1S/C23H21F4N5O/c1-14-5-6-16(8-17(14)21-29-9-15(24)10-30-21)31-22(33)19-12-32(13-23(25,26)27)11-18(19)20-4-2-3-7-28-20/h2-10,18-19H,11-13H2,1H3,(H,31,33)/t18-,19?/m0/s1. The molecule has 0 spiro atoms. The molecule has 1 saturated heterocycles. The third kappa shape index (κ3) is 5.51. The van der Waals surface area contributed by atoms with Crippen molar-refractivity contribution in [1.29, 1.82) is 0 Å². The summed E-state index contributed by atoms with van der Waals surface area (Å²) in [6, 6.07) is 10.3. The van der Waals surface area contributed by atoms with Crippen molar-refractivity contribution in [2.45, 2.75) is 19.0 Å². The van der Waals surface area contributed by atoms with Gasteiger partial charge in [-0.25, -0.2) is 14.4 Å². The molecule has 3 aromatic rings. The van der Waals surface area contributed by atoms with Gasteiger partial charge in [0.15, 0.2) is 11.6 Å². The summed E-state index contributed by atoms with van der Waals surface area (Å²) in [6.07, 6.45) is -0.691. The first kappa shape index (κ1) is 22.8. The molecular formula is C23H21F4N5O. The van der Waals surface area contributed by atoms with Crippen molar-refractivity contribution in [2.24, 2.45) is 5.92 Å². The largest absolute Gasteiger partial charge is 0.401 e. The highest BCUT2D eigenvalue weighted by Gasteiger charge is 2.43. The topological polar surface area (TPSA) is 71.0 Å². The van der Waals surface area contributed by atoms with E-state index in [1.165, 1.54) is 4.90 Å². The van der Waals surface area contributed by atoms with E-state index in [0.717, 1.165) is 18.0 Å². The van der Waals surface area contributed by atoms with E-state index in [9.17, 15) is 22.4 Å². The van der Waals surface area contributed by atoms with Crippen LogP contribution in [-0.2, 0) is 4.79 Å². The van der Waals surface area contributed by atoms with Gasteiger partial charge in [0.1, 0.15) is 0 Å². The van der Waals surface area contributed by atoms with Crippen LogP contribution in [0.15, 0.2) is 55.0 Å². The maximum atomic E-state index is 13.2. The zero-order chi connectivity index (χ0) is 23.6. The third-order valence-corrected chi connectivity index (χ3v) is 5.57. The highest BCUT2D eigenvalue weighted by Crippen LogP contribution is 2.34. The summed E-state index contributed by atoms with van der Waals surface area (Å²) in [5.74, 6) is -1.85. The molecule has 0 bridgehead atoms. The molecule has 1 amide bonds. The Balaban J connectivity index is 1.57. The van der Waals surface area contributed by atoms with Gasteiger partial charge in [-0.05, 0) is 36.8 Å². The van der Waals surface area contributed by atoms with Gasteiger partial charge in [0, 0.05) is 42.1 Å². The maximum Gasteiger partial charge on any atom is 0.401 e. The molecule has 4 rings (SSSR count). The number of alkyl halides is 3. The number of pyridine rings is 1. The molecule has 1 fully saturated rings. The minimum Gasteiger partial charge on any atom is -0.326 e. The van der Waals surface area contributed by atoms with Gasteiger partial charge >= 0.3 is 6.18 Å². The van der Waals surface area contributed by atoms with Crippen molar-refractivity contribution in [1.82, 2.24) is 19.9 Å². The Kier molecular flexibility index (Phi) is 6.37. The summed E-state index contributed by atoms with van der Waals surface area (Å²) < 4.78 is 52.1. The monoisotopic (exact) mass is 459 g/mol. The quantitative estimate of drug-likeness (QED) is 0.579. The molecule has 1 aliphatic heterocycles. The second-order valence-corrected chi connectivity index (χ2v) is 8.02. The molecule has 10 heteroatoms. The van der Waals surface area contributed by atoms with Gasteiger partial charge in [-0.1, -0.05) is 12.1 Å². The van der Waals surface area contributed by atoms with Gasteiger partial charge in [-0.15, -0.1) is 0 Å². The van der Waals surface area contributed by atoms with E-state index >= 15 is 0 Å². The summed E-state index contributed by atoms with van der Waals surface area (Å²) in [4.78, 5) is 26.6. The number of anilines is 1. The lowest BCUT2D eigenvalue weighted by atomic mass is 9.91. The number of rotatable bonds is 5. The van der Waals surface area contributed by atoms with Crippen molar-refractivity contribution in [3.8, 4) is 11.4 Å². The number of nitrogens with one attached hydrogen (secondary N) is 1. The van der Waals surface area contributed by atoms with Crippen molar-refractivity contribution in [3.63, 3.8) is 0 Å². The minimum absolute atomic E-state index is 0.0353. The summed E-state index contributed by atoms with van der Waals surface area (Å²) in [5.41, 5.74) is 2.46. The van der Waals surface area contributed by atoms with Crippen LogP contribution < -0.4 is 5.32 Å². The van der Waals surface area contributed by atoms with E-state index < -0.39 is 36.3 Å². The number of aryl methyl sites for hydroxylation is 1. The van der Waals surface area contributed by atoms with E-state index in [1.807, 2.05) is 6.92 Å². The second-order valence-electron chi connectivity index (χ2n) is 8.02. The molecular weight excluding hydrogens is 438 g/mol. The first-order chi connectivity index (χ1) is 15.7. The van der Waals surface area contributed by atoms with E-state index in [0.29, 0.717) is 22.8 Å². The van der Waals surface area contributed by atoms with Crippen LogP contribution in [0.1, 0.15) is 17.2 Å². The van der Waals surface area contributed by atoms with E-state index in [2.05, 4.69) is 20.3 Å². The second kappa shape index (κ2) is 9.22. The Hall–Kier alpha value is -3.40. The normalized spacial score (nSPS) is 18.9. The van der Waals surface area contributed by atoms with E-state index in [1.54, 1.807) is 42.6 Å². The number of hydrogen-bond donors (Lipinski definition) is 1. The Morgan fingerprint density at radius 2 is 1.88 bits per heavy atom. The average Bonchev–Trinajstić information content (AvgIpc) is 3.18. The Labute approximate surface area is 187 Å². The van der Waals surface area contributed by atoms with Crippen molar-refractivity contribution in [3.05, 3.63) is 72.1 Å². The van der Waals surface area contributed by atoms with Gasteiger partial charge < -0.3 is 5.32 Å². The smallest absolute Gasteiger partial charge is 0.326 e. The van der Waals surface area contributed by atoms with Gasteiger partial charge in [0.2, 0.25) is 5.91 Å². The number of aromatic nitrogens is 3. The SMILES string of the molecule is Cc1ccc(NC(=O)C2CN(CC(F)(F)F)C[C@@H]2c2ccccn2)cc1-c1ncc(F)cn1. The molecule has 3 heterocycles. The average molecular weight is 459 g/mol. The number of nitrogens with zero attached hydrogens (tertiary/aromatic N) is 4. The highest BCUT2D eigenvalue weighted by molar-refractivity contribution is 5.94. The fourth-order valence-electron chi connectivity index (χ4n) is 4.06. The molecule has 0 radical (unpaired) electrons. The summed E-state index contributed by atoms with van der Waals surface area (Å²) in [7, 11) is 0. The molecule has 33 heavy (non-hydrogen) atoms. The minimum atomic E-state index is -4.36. The molecule has 0 aliphatic carbocycles. The van der Waals surface area contributed by atoms with Crippen LogP contribution in [0.2, 0.25) is 0 Å². The Bertz CT molecular complexity index is 1120. The molecule has 1 aliphatic rings. The van der Waals surface area contributed by atoms with Crippen LogP contribution in [0.25, 0.3) is 11.4 Å². The van der Waals surface area contributed by atoms with Crippen LogP contribution >= 0.6 is 0 Å². The number of carbonyl (C=O) groups excluding carboxylic acids is 1.